The van der Waals surface area contributed by atoms with Gasteiger partial charge in [0.1, 0.15) is 16.5 Å². The molecule has 2 aromatic heterocycles. The summed E-state index contributed by atoms with van der Waals surface area (Å²) in [5.74, 6) is 1.67. The van der Waals surface area contributed by atoms with Crippen molar-refractivity contribution < 1.29 is 4.79 Å². The van der Waals surface area contributed by atoms with Gasteiger partial charge in [0.15, 0.2) is 0 Å². The topological polar surface area (TPSA) is 58.1 Å². The predicted octanol–water partition coefficient (Wildman–Crippen LogP) is 4.71. The summed E-state index contributed by atoms with van der Waals surface area (Å²) in [5.41, 5.74) is 2.97. The Kier molecular flexibility index (Phi) is 4.83. The van der Waals surface area contributed by atoms with Gasteiger partial charge in [-0.1, -0.05) is 6.07 Å². The molecule has 0 fully saturated rings. The van der Waals surface area contributed by atoms with Gasteiger partial charge >= 0.3 is 0 Å². The number of nitrogens with one attached hydrogen (secondary N) is 1. The van der Waals surface area contributed by atoms with Crippen LogP contribution in [-0.4, -0.2) is 33.9 Å². The van der Waals surface area contributed by atoms with Crippen molar-refractivity contribution in [2.75, 3.05) is 18.4 Å². The summed E-state index contributed by atoms with van der Waals surface area (Å²) in [6.45, 7) is 7.34. The number of amides is 1. The van der Waals surface area contributed by atoms with Crippen LogP contribution in [0.25, 0.3) is 10.2 Å². The number of aryl methyl sites for hydroxylation is 3. The molecule has 1 aromatic carbocycles. The quantitative estimate of drug-likeness (QED) is 0.696. The van der Waals surface area contributed by atoms with Gasteiger partial charge in [0.05, 0.1) is 5.39 Å². The summed E-state index contributed by atoms with van der Waals surface area (Å²) in [6, 6.07) is 7.68. The zero-order chi connectivity index (χ0) is 19.0. The molecule has 0 bridgehead atoms. The van der Waals surface area contributed by atoms with Crippen LogP contribution in [0.3, 0.4) is 0 Å². The van der Waals surface area contributed by atoms with E-state index in [-0.39, 0.29) is 5.91 Å². The number of hydrogen-bond acceptors (Lipinski definition) is 5. The van der Waals surface area contributed by atoms with Gasteiger partial charge in [0.25, 0.3) is 5.91 Å². The number of nitrogens with zero attached hydrogens (tertiary/aromatic N) is 3. The molecule has 3 aromatic rings. The number of anilines is 2. The largest absolute Gasteiger partial charge is 0.340 e. The third kappa shape index (κ3) is 3.30. The molecule has 0 radical (unpaired) electrons. The zero-order valence-electron chi connectivity index (χ0n) is 16.0. The highest BCUT2D eigenvalue weighted by molar-refractivity contribution is 7.19. The van der Waals surface area contributed by atoms with Gasteiger partial charge in [-0.05, 0) is 63.8 Å². The maximum Gasteiger partial charge on any atom is 0.253 e. The summed E-state index contributed by atoms with van der Waals surface area (Å²) in [4.78, 5) is 26.3. The second-order valence-electron chi connectivity index (χ2n) is 6.84. The fourth-order valence-electron chi connectivity index (χ4n) is 3.75. The van der Waals surface area contributed by atoms with Crippen LogP contribution in [0.4, 0.5) is 11.5 Å². The number of rotatable bonds is 5. The SMILES string of the molecule is CCN(CC)C(=O)c1cccc(Nc2nc(C)nc3sc4c(c23)CCC4)c1. The second kappa shape index (κ2) is 7.27. The van der Waals surface area contributed by atoms with Gasteiger partial charge in [-0.3, -0.25) is 4.79 Å². The van der Waals surface area contributed by atoms with Crippen molar-refractivity contribution in [2.45, 2.75) is 40.0 Å². The number of benzene rings is 1. The normalized spacial score (nSPS) is 13.0. The summed E-state index contributed by atoms with van der Waals surface area (Å²) in [5, 5.41) is 4.61. The first-order chi connectivity index (χ1) is 13.1. The molecule has 0 saturated heterocycles. The van der Waals surface area contributed by atoms with E-state index in [1.165, 1.54) is 16.9 Å². The number of aromatic nitrogens is 2. The molecule has 0 aliphatic heterocycles. The van der Waals surface area contributed by atoms with Gasteiger partial charge in [0, 0.05) is 29.2 Å². The zero-order valence-corrected chi connectivity index (χ0v) is 16.8. The Morgan fingerprint density at radius 3 is 2.81 bits per heavy atom. The standard InChI is InChI=1S/C21H24N4OS/c1-4-25(5-2)21(26)14-8-6-9-15(12-14)24-19-18-16-10-7-11-17(16)27-20(18)23-13(3)22-19/h6,8-9,12H,4-5,7,10-11H2,1-3H3,(H,22,23,24). The first-order valence-corrected chi connectivity index (χ1v) is 10.4. The highest BCUT2D eigenvalue weighted by atomic mass is 32.1. The number of thiophene rings is 1. The van der Waals surface area contributed by atoms with E-state index in [1.807, 2.05) is 49.9 Å². The predicted molar refractivity (Wildman–Crippen MR) is 111 cm³/mol. The Hall–Kier alpha value is -2.47. The lowest BCUT2D eigenvalue weighted by Gasteiger charge is -2.19. The second-order valence-corrected chi connectivity index (χ2v) is 7.92. The van der Waals surface area contributed by atoms with Crippen molar-refractivity contribution in [3.63, 3.8) is 0 Å². The maximum atomic E-state index is 12.7. The molecule has 0 saturated carbocycles. The van der Waals surface area contributed by atoms with Crippen LogP contribution in [0, 0.1) is 6.92 Å². The molecule has 0 unspecified atom stereocenters. The minimum Gasteiger partial charge on any atom is -0.340 e. The lowest BCUT2D eigenvalue weighted by Crippen LogP contribution is -2.30. The molecule has 1 aliphatic carbocycles. The molecule has 1 amide bonds. The van der Waals surface area contributed by atoms with Crippen molar-refractivity contribution in [3.8, 4) is 0 Å². The number of hydrogen-bond donors (Lipinski definition) is 1. The molecular formula is C21H24N4OS. The Balaban J connectivity index is 1.71. The number of carbonyl (C=O) groups excluding carboxylic acids is 1. The van der Waals surface area contributed by atoms with Crippen molar-refractivity contribution in [1.82, 2.24) is 14.9 Å². The Bertz CT molecular complexity index is 1010. The third-order valence-corrected chi connectivity index (χ3v) is 6.29. The molecule has 140 valence electrons. The van der Waals surface area contributed by atoms with E-state index in [0.717, 1.165) is 40.4 Å². The molecular weight excluding hydrogens is 356 g/mol. The maximum absolute atomic E-state index is 12.7. The van der Waals surface area contributed by atoms with E-state index < -0.39 is 0 Å². The molecule has 27 heavy (non-hydrogen) atoms. The van der Waals surface area contributed by atoms with Gasteiger partial charge in [-0.15, -0.1) is 11.3 Å². The van der Waals surface area contributed by atoms with Crippen LogP contribution in [0.5, 0.6) is 0 Å². The fraction of sp³-hybridized carbons (Fsp3) is 0.381. The van der Waals surface area contributed by atoms with Crippen LogP contribution in [-0.2, 0) is 12.8 Å². The van der Waals surface area contributed by atoms with Crippen molar-refractivity contribution in [3.05, 3.63) is 46.1 Å². The monoisotopic (exact) mass is 380 g/mol. The van der Waals surface area contributed by atoms with Gasteiger partial charge in [-0.25, -0.2) is 9.97 Å². The lowest BCUT2D eigenvalue weighted by molar-refractivity contribution is 0.0773. The highest BCUT2D eigenvalue weighted by Gasteiger charge is 2.22. The van der Waals surface area contributed by atoms with Gasteiger partial charge in [-0.2, -0.15) is 0 Å². The Labute approximate surface area is 163 Å². The first-order valence-electron chi connectivity index (χ1n) is 9.56. The number of carbonyl (C=O) groups is 1. The van der Waals surface area contributed by atoms with Crippen LogP contribution < -0.4 is 5.32 Å². The Morgan fingerprint density at radius 1 is 1.22 bits per heavy atom. The summed E-state index contributed by atoms with van der Waals surface area (Å²) in [6.07, 6.45) is 3.44. The van der Waals surface area contributed by atoms with Gasteiger partial charge in [0.2, 0.25) is 0 Å². The van der Waals surface area contributed by atoms with E-state index in [9.17, 15) is 4.79 Å². The van der Waals surface area contributed by atoms with Crippen molar-refractivity contribution >= 4 is 39.0 Å². The summed E-state index contributed by atoms with van der Waals surface area (Å²) >= 11 is 1.79. The smallest absolute Gasteiger partial charge is 0.253 e. The summed E-state index contributed by atoms with van der Waals surface area (Å²) < 4.78 is 0. The van der Waals surface area contributed by atoms with Crippen LogP contribution >= 0.6 is 11.3 Å². The lowest BCUT2D eigenvalue weighted by atomic mass is 10.1. The molecule has 1 N–H and O–H groups in total. The van der Waals surface area contributed by atoms with E-state index >= 15 is 0 Å². The van der Waals surface area contributed by atoms with E-state index in [0.29, 0.717) is 18.7 Å². The van der Waals surface area contributed by atoms with Crippen LogP contribution in [0.2, 0.25) is 0 Å². The minimum absolute atomic E-state index is 0.0593. The molecule has 0 spiro atoms. The highest BCUT2D eigenvalue weighted by Crippen LogP contribution is 2.40. The first kappa shape index (κ1) is 17.9. The molecule has 4 rings (SSSR count). The van der Waals surface area contributed by atoms with E-state index in [2.05, 4.69) is 15.3 Å². The molecule has 6 heteroatoms. The molecule has 5 nitrogen and oxygen atoms in total. The van der Waals surface area contributed by atoms with Gasteiger partial charge < -0.3 is 10.2 Å². The van der Waals surface area contributed by atoms with E-state index in [1.54, 1.807) is 11.3 Å². The average Bonchev–Trinajstić information content (AvgIpc) is 3.23. The Morgan fingerprint density at radius 2 is 2.04 bits per heavy atom. The summed E-state index contributed by atoms with van der Waals surface area (Å²) in [7, 11) is 0. The number of fused-ring (bicyclic) bond motifs is 3. The third-order valence-electron chi connectivity index (χ3n) is 5.10. The van der Waals surface area contributed by atoms with Crippen LogP contribution in [0.1, 0.15) is 46.9 Å². The molecule has 0 atom stereocenters. The fourth-order valence-corrected chi connectivity index (χ4v) is 5.06. The van der Waals surface area contributed by atoms with Crippen molar-refractivity contribution in [2.24, 2.45) is 0 Å². The average molecular weight is 381 g/mol. The minimum atomic E-state index is 0.0593. The molecule has 1 aliphatic rings. The van der Waals surface area contributed by atoms with Crippen molar-refractivity contribution in [1.29, 1.82) is 0 Å². The molecule has 2 heterocycles. The van der Waals surface area contributed by atoms with Crippen LogP contribution in [0.15, 0.2) is 24.3 Å². The van der Waals surface area contributed by atoms with E-state index in [4.69, 9.17) is 0 Å².